The van der Waals surface area contributed by atoms with Crippen molar-refractivity contribution in [3.63, 3.8) is 0 Å². The monoisotopic (exact) mass is 218 g/mol. The number of rotatable bonds is 4. The Morgan fingerprint density at radius 1 is 1.44 bits per heavy atom. The van der Waals surface area contributed by atoms with Crippen LogP contribution >= 0.6 is 0 Å². The molecule has 0 bridgehead atoms. The lowest BCUT2D eigenvalue weighted by atomic mass is 10.1. The van der Waals surface area contributed by atoms with Crippen molar-refractivity contribution in [2.45, 2.75) is 0 Å². The first-order valence-electron chi connectivity index (χ1n) is 5.02. The molecule has 16 heavy (non-hydrogen) atoms. The molecular weight excluding hydrogens is 200 g/mol. The first kappa shape index (κ1) is 12.2. The fourth-order valence-electron chi connectivity index (χ4n) is 1.31. The van der Waals surface area contributed by atoms with Crippen molar-refractivity contribution in [2.75, 3.05) is 26.9 Å². The highest BCUT2D eigenvalue weighted by molar-refractivity contribution is 5.77. The van der Waals surface area contributed by atoms with Crippen LogP contribution in [-0.4, -0.2) is 26.1 Å². The summed E-state index contributed by atoms with van der Waals surface area (Å²) in [6.45, 7) is 3.80. The second kappa shape index (κ2) is 5.26. The predicted molar refractivity (Wildman–Crippen MR) is 69.6 cm³/mol. The normalized spacial score (nSPS) is 10.4. The SMILES string of the molecule is C=C(OC)c1cccc(/C=C/N(C)C)c1N. The van der Waals surface area contributed by atoms with Gasteiger partial charge in [0.2, 0.25) is 0 Å². The van der Waals surface area contributed by atoms with Gasteiger partial charge in [-0.05, 0) is 23.9 Å². The van der Waals surface area contributed by atoms with Gasteiger partial charge in [-0.1, -0.05) is 18.7 Å². The van der Waals surface area contributed by atoms with Gasteiger partial charge in [-0.3, -0.25) is 0 Å². The standard InChI is InChI=1S/C13H18N2O/c1-10(16-4)12-7-5-6-11(13(12)14)8-9-15(2)3/h5-9H,1,14H2,2-4H3/b9-8+. The number of hydrogen-bond acceptors (Lipinski definition) is 3. The van der Waals surface area contributed by atoms with E-state index in [9.17, 15) is 0 Å². The summed E-state index contributed by atoms with van der Waals surface area (Å²) in [5.41, 5.74) is 8.52. The zero-order chi connectivity index (χ0) is 12.1. The Morgan fingerprint density at radius 2 is 2.12 bits per heavy atom. The van der Waals surface area contributed by atoms with Crippen molar-refractivity contribution in [2.24, 2.45) is 0 Å². The minimum atomic E-state index is 0.581. The van der Waals surface area contributed by atoms with E-state index in [-0.39, 0.29) is 0 Å². The number of hydrogen-bond donors (Lipinski definition) is 1. The van der Waals surface area contributed by atoms with Gasteiger partial charge in [-0.15, -0.1) is 0 Å². The molecule has 0 aliphatic heterocycles. The quantitative estimate of drug-likeness (QED) is 0.623. The molecule has 0 saturated heterocycles. The van der Waals surface area contributed by atoms with Gasteiger partial charge in [0.25, 0.3) is 0 Å². The molecule has 0 aliphatic carbocycles. The summed E-state index contributed by atoms with van der Waals surface area (Å²) in [5, 5.41) is 0. The largest absolute Gasteiger partial charge is 0.497 e. The molecule has 1 aromatic carbocycles. The molecule has 3 nitrogen and oxygen atoms in total. The molecule has 0 fully saturated rings. The van der Waals surface area contributed by atoms with Crippen molar-refractivity contribution >= 4 is 17.5 Å². The summed E-state index contributed by atoms with van der Waals surface area (Å²) in [6.07, 6.45) is 3.91. The summed E-state index contributed by atoms with van der Waals surface area (Å²) < 4.78 is 5.09. The van der Waals surface area contributed by atoms with Crippen LogP contribution in [0.15, 0.2) is 31.0 Å². The third-order valence-corrected chi connectivity index (χ3v) is 2.24. The first-order valence-corrected chi connectivity index (χ1v) is 5.02. The maximum Gasteiger partial charge on any atom is 0.121 e. The van der Waals surface area contributed by atoms with E-state index in [1.165, 1.54) is 0 Å². The van der Waals surface area contributed by atoms with Crippen LogP contribution in [0.4, 0.5) is 5.69 Å². The van der Waals surface area contributed by atoms with Crippen molar-refractivity contribution in [1.82, 2.24) is 4.90 Å². The maximum absolute atomic E-state index is 6.04. The van der Waals surface area contributed by atoms with Gasteiger partial charge >= 0.3 is 0 Å². The van der Waals surface area contributed by atoms with Gasteiger partial charge < -0.3 is 15.4 Å². The highest BCUT2D eigenvalue weighted by atomic mass is 16.5. The molecule has 3 heteroatoms. The molecule has 0 atom stereocenters. The van der Waals surface area contributed by atoms with Crippen LogP contribution in [-0.2, 0) is 4.74 Å². The molecule has 0 spiro atoms. The van der Waals surface area contributed by atoms with Crippen molar-refractivity contribution in [1.29, 1.82) is 0 Å². The zero-order valence-corrected chi connectivity index (χ0v) is 10.0. The fourth-order valence-corrected chi connectivity index (χ4v) is 1.31. The molecule has 86 valence electrons. The summed E-state index contributed by atoms with van der Waals surface area (Å²) in [4.78, 5) is 1.96. The van der Waals surface area contributed by atoms with Gasteiger partial charge in [-0.25, -0.2) is 0 Å². The van der Waals surface area contributed by atoms with Gasteiger partial charge in [-0.2, -0.15) is 0 Å². The summed E-state index contributed by atoms with van der Waals surface area (Å²) in [5.74, 6) is 0.581. The maximum atomic E-state index is 6.04. The van der Waals surface area contributed by atoms with Gasteiger partial charge in [0.15, 0.2) is 0 Å². The molecule has 0 unspecified atom stereocenters. The van der Waals surface area contributed by atoms with Crippen LogP contribution in [0.1, 0.15) is 11.1 Å². The summed E-state index contributed by atoms with van der Waals surface area (Å²) in [6, 6.07) is 5.79. The number of para-hydroxylation sites is 1. The summed E-state index contributed by atoms with van der Waals surface area (Å²) >= 11 is 0. The van der Waals surface area contributed by atoms with E-state index in [0.29, 0.717) is 11.4 Å². The van der Waals surface area contributed by atoms with E-state index in [1.807, 2.05) is 49.5 Å². The van der Waals surface area contributed by atoms with Crippen LogP contribution in [0, 0.1) is 0 Å². The minimum Gasteiger partial charge on any atom is -0.497 e. The number of benzene rings is 1. The predicted octanol–water partition coefficient (Wildman–Crippen LogP) is 2.42. The number of ether oxygens (including phenoxy) is 1. The van der Waals surface area contributed by atoms with E-state index in [4.69, 9.17) is 10.5 Å². The average molecular weight is 218 g/mol. The number of nitrogen functional groups attached to an aromatic ring is 1. The molecule has 0 aliphatic rings. The third-order valence-electron chi connectivity index (χ3n) is 2.24. The highest BCUT2D eigenvalue weighted by Gasteiger charge is 2.05. The molecule has 0 amide bonds. The second-order valence-corrected chi connectivity index (χ2v) is 3.72. The lowest BCUT2D eigenvalue weighted by Gasteiger charge is -2.10. The van der Waals surface area contributed by atoms with Gasteiger partial charge in [0.1, 0.15) is 5.76 Å². The first-order chi connectivity index (χ1) is 7.56. The third kappa shape index (κ3) is 2.79. The van der Waals surface area contributed by atoms with Gasteiger partial charge in [0, 0.05) is 25.3 Å². The number of nitrogens with two attached hydrogens (primary N) is 1. The molecule has 0 saturated carbocycles. The van der Waals surface area contributed by atoms with E-state index in [0.717, 1.165) is 11.1 Å². The Kier molecular flexibility index (Phi) is 4.00. The molecule has 0 aromatic heterocycles. The van der Waals surface area contributed by atoms with Crippen molar-refractivity contribution in [3.8, 4) is 0 Å². The van der Waals surface area contributed by atoms with Crippen molar-refractivity contribution < 1.29 is 4.74 Å². The zero-order valence-electron chi connectivity index (χ0n) is 10.0. The van der Waals surface area contributed by atoms with Crippen LogP contribution < -0.4 is 5.73 Å². The van der Waals surface area contributed by atoms with Gasteiger partial charge in [0.05, 0.1) is 7.11 Å². The highest BCUT2D eigenvalue weighted by Crippen LogP contribution is 2.25. The molecule has 1 aromatic rings. The smallest absolute Gasteiger partial charge is 0.121 e. The Labute approximate surface area is 96.8 Å². The van der Waals surface area contributed by atoms with E-state index in [2.05, 4.69) is 6.58 Å². The van der Waals surface area contributed by atoms with Crippen molar-refractivity contribution in [3.05, 3.63) is 42.1 Å². The Morgan fingerprint density at radius 3 is 2.69 bits per heavy atom. The lowest BCUT2D eigenvalue weighted by molar-refractivity contribution is 0.371. The molecular formula is C13H18N2O. The topological polar surface area (TPSA) is 38.5 Å². The minimum absolute atomic E-state index is 0.581. The van der Waals surface area contributed by atoms with Crippen LogP contribution in [0.2, 0.25) is 0 Å². The fraction of sp³-hybridized carbons (Fsp3) is 0.231. The van der Waals surface area contributed by atoms with Crippen LogP contribution in [0.5, 0.6) is 0 Å². The molecule has 0 heterocycles. The molecule has 1 rings (SSSR count). The molecule has 2 N–H and O–H groups in total. The number of anilines is 1. The Balaban J connectivity index is 3.09. The average Bonchev–Trinajstić information content (AvgIpc) is 2.26. The number of methoxy groups -OCH3 is 1. The van der Waals surface area contributed by atoms with Crippen LogP contribution in [0.25, 0.3) is 11.8 Å². The second-order valence-electron chi connectivity index (χ2n) is 3.72. The lowest BCUT2D eigenvalue weighted by Crippen LogP contribution is -2.01. The Hall–Kier alpha value is -1.90. The van der Waals surface area contributed by atoms with E-state index in [1.54, 1.807) is 7.11 Å². The van der Waals surface area contributed by atoms with E-state index >= 15 is 0 Å². The Bertz CT molecular complexity index is 408. The number of nitrogens with zero attached hydrogens (tertiary/aromatic N) is 1. The molecule has 0 radical (unpaired) electrons. The van der Waals surface area contributed by atoms with Crippen LogP contribution in [0.3, 0.4) is 0 Å². The summed E-state index contributed by atoms with van der Waals surface area (Å²) in [7, 11) is 5.51. The van der Waals surface area contributed by atoms with E-state index < -0.39 is 0 Å².